The highest BCUT2D eigenvalue weighted by atomic mass is 32.1. The van der Waals surface area contributed by atoms with Crippen molar-refractivity contribution in [3.63, 3.8) is 0 Å². The zero-order valence-corrected chi connectivity index (χ0v) is 18.1. The van der Waals surface area contributed by atoms with Gasteiger partial charge in [-0.05, 0) is 43.3 Å². The van der Waals surface area contributed by atoms with Crippen LogP contribution in [0.4, 0.5) is 10.5 Å². The Hall–Kier alpha value is -3.97. The fourth-order valence-electron chi connectivity index (χ4n) is 2.97. The predicted molar refractivity (Wildman–Crippen MR) is 125 cm³/mol. The molecule has 0 radical (unpaired) electrons. The number of nitrogens with one attached hydrogen (secondary N) is 1. The van der Waals surface area contributed by atoms with Crippen molar-refractivity contribution in [1.29, 1.82) is 0 Å². The topological polar surface area (TPSA) is 77.5 Å². The summed E-state index contributed by atoms with van der Waals surface area (Å²) in [5.41, 5.74) is 4.07. The molecule has 32 heavy (non-hydrogen) atoms. The summed E-state index contributed by atoms with van der Waals surface area (Å²) in [5.74, 6) is 0.0444. The molecule has 1 N–H and O–H groups in total. The van der Waals surface area contributed by atoms with Gasteiger partial charge in [-0.3, -0.25) is 4.79 Å². The van der Waals surface area contributed by atoms with E-state index in [-0.39, 0.29) is 12.5 Å². The second-order valence-electron chi connectivity index (χ2n) is 6.74. The molecule has 7 heteroatoms. The first kappa shape index (κ1) is 21.3. The van der Waals surface area contributed by atoms with Crippen LogP contribution in [0, 0.1) is 0 Å². The maximum absolute atomic E-state index is 12.5. The van der Waals surface area contributed by atoms with Crippen LogP contribution >= 0.6 is 11.3 Å². The van der Waals surface area contributed by atoms with Gasteiger partial charge in [0.15, 0.2) is 0 Å². The standard InChI is InChI=1S/C25H20N2O4S/c1-2-30-25(29)31-21-14-10-18(11-15-21)23(28)26-20-12-8-17(9-13-20)22-16-32-24(27-22)19-6-4-3-5-7-19/h3-16H,2H2,1H3,(H,26,28). The summed E-state index contributed by atoms with van der Waals surface area (Å²) in [6.45, 7) is 1.93. The summed E-state index contributed by atoms with van der Waals surface area (Å²) < 4.78 is 9.72. The summed E-state index contributed by atoms with van der Waals surface area (Å²) in [6.07, 6.45) is -0.777. The molecule has 1 amide bonds. The number of carbonyl (C=O) groups is 2. The van der Waals surface area contributed by atoms with Crippen molar-refractivity contribution in [3.8, 4) is 27.6 Å². The quantitative estimate of drug-likeness (QED) is 0.280. The number of amides is 1. The van der Waals surface area contributed by atoms with Gasteiger partial charge in [0, 0.05) is 27.8 Å². The Bertz CT molecular complexity index is 1200. The number of carbonyl (C=O) groups excluding carboxylic acids is 2. The van der Waals surface area contributed by atoms with Crippen LogP contribution in [0.15, 0.2) is 84.2 Å². The molecule has 6 nitrogen and oxygen atoms in total. The number of nitrogens with zero attached hydrogens (tertiary/aromatic N) is 1. The summed E-state index contributed by atoms with van der Waals surface area (Å²) in [5, 5.41) is 5.85. The number of aromatic nitrogens is 1. The average Bonchev–Trinajstić information content (AvgIpc) is 3.31. The number of hydrogen-bond donors (Lipinski definition) is 1. The van der Waals surface area contributed by atoms with E-state index in [2.05, 4.69) is 5.32 Å². The molecule has 0 aliphatic rings. The second-order valence-corrected chi connectivity index (χ2v) is 7.60. The Labute approximate surface area is 189 Å². The summed E-state index contributed by atoms with van der Waals surface area (Å²) >= 11 is 1.60. The highest BCUT2D eigenvalue weighted by Crippen LogP contribution is 2.29. The Kier molecular flexibility index (Phi) is 6.57. The number of ether oxygens (including phenoxy) is 2. The first-order valence-electron chi connectivity index (χ1n) is 10.00. The molecule has 0 saturated heterocycles. The van der Waals surface area contributed by atoms with Gasteiger partial charge >= 0.3 is 6.16 Å². The van der Waals surface area contributed by atoms with Gasteiger partial charge in [-0.2, -0.15) is 0 Å². The third-order valence-corrected chi connectivity index (χ3v) is 5.43. The van der Waals surface area contributed by atoms with E-state index < -0.39 is 6.16 Å². The van der Waals surface area contributed by atoms with Crippen molar-refractivity contribution in [3.05, 3.63) is 89.8 Å². The van der Waals surface area contributed by atoms with Gasteiger partial charge in [0.25, 0.3) is 5.91 Å². The average molecular weight is 445 g/mol. The van der Waals surface area contributed by atoms with E-state index in [1.807, 2.05) is 60.0 Å². The number of thiazole rings is 1. The molecule has 160 valence electrons. The highest BCUT2D eigenvalue weighted by molar-refractivity contribution is 7.13. The summed E-state index contributed by atoms with van der Waals surface area (Å²) in [4.78, 5) is 28.6. The minimum Gasteiger partial charge on any atom is -0.434 e. The predicted octanol–water partition coefficient (Wildman–Crippen LogP) is 6.26. The van der Waals surface area contributed by atoms with E-state index in [0.29, 0.717) is 17.0 Å². The van der Waals surface area contributed by atoms with Crippen LogP contribution in [0.5, 0.6) is 5.75 Å². The number of anilines is 1. The van der Waals surface area contributed by atoms with Crippen molar-refractivity contribution in [2.24, 2.45) is 0 Å². The number of hydrogen-bond acceptors (Lipinski definition) is 6. The molecule has 0 aliphatic heterocycles. The molecular formula is C25H20N2O4S. The molecule has 4 aromatic rings. The van der Waals surface area contributed by atoms with Crippen LogP contribution in [0.1, 0.15) is 17.3 Å². The van der Waals surface area contributed by atoms with Crippen molar-refractivity contribution in [1.82, 2.24) is 4.98 Å². The Morgan fingerprint density at radius 3 is 2.31 bits per heavy atom. The molecule has 0 spiro atoms. The summed E-state index contributed by atoms with van der Waals surface area (Å²) in [7, 11) is 0. The van der Waals surface area contributed by atoms with Gasteiger partial charge in [0.2, 0.25) is 0 Å². The molecule has 0 aliphatic carbocycles. The number of rotatable bonds is 6. The van der Waals surface area contributed by atoms with Crippen molar-refractivity contribution >= 4 is 29.1 Å². The fraction of sp³-hybridized carbons (Fsp3) is 0.0800. The molecule has 0 saturated carbocycles. The van der Waals surface area contributed by atoms with E-state index in [1.54, 1.807) is 42.5 Å². The molecule has 1 aromatic heterocycles. The highest BCUT2D eigenvalue weighted by Gasteiger charge is 2.10. The molecule has 0 unspecified atom stereocenters. The lowest BCUT2D eigenvalue weighted by molar-refractivity contribution is 0.102. The lowest BCUT2D eigenvalue weighted by atomic mass is 10.1. The van der Waals surface area contributed by atoms with Gasteiger partial charge < -0.3 is 14.8 Å². The van der Waals surface area contributed by atoms with E-state index in [4.69, 9.17) is 14.5 Å². The first-order valence-corrected chi connectivity index (χ1v) is 10.9. The molecule has 0 atom stereocenters. The molecule has 4 rings (SSSR count). The van der Waals surface area contributed by atoms with Crippen LogP contribution in [-0.4, -0.2) is 23.7 Å². The maximum Gasteiger partial charge on any atom is 0.513 e. The van der Waals surface area contributed by atoms with E-state index in [1.165, 1.54) is 0 Å². The van der Waals surface area contributed by atoms with Crippen LogP contribution in [0.2, 0.25) is 0 Å². The normalized spacial score (nSPS) is 10.4. The molecule has 0 bridgehead atoms. The van der Waals surface area contributed by atoms with Gasteiger partial charge in [-0.1, -0.05) is 42.5 Å². The molecule has 1 heterocycles. The van der Waals surface area contributed by atoms with E-state index >= 15 is 0 Å². The monoisotopic (exact) mass is 444 g/mol. The summed E-state index contributed by atoms with van der Waals surface area (Å²) in [6, 6.07) is 23.8. The molecule has 3 aromatic carbocycles. The molecule has 0 fully saturated rings. The lowest BCUT2D eigenvalue weighted by Crippen LogP contribution is -2.12. The maximum atomic E-state index is 12.5. The van der Waals surface area contributed by atoms with Crippen LogP contribution in [0.3, 0.4) is 0 Å². The first-order chi connectivity index (χ1) is 15.6. The van der Waals surface area contributed by atoms with Crippen molar-refractivity contribution in [2.75, 3.05) is 11.9 Å². The van der Waals surface area contributed by atoms with E-state index in [9.17, 15) is 9.59 Å². The zero-order valence-electron chi connectivity index (χ0n) is 17.3. The minimum absolute atomic E-state index is 0.231. The van der Waals surface area contributed by atoms with Gasteiger partial charge in [-0.15, -0.1) is 11.3 Å². The Morgan fingerprint density at radius 1 is 0.906 bits per heavy atom. The Morgan fingerprint density at radius 2 is 1.62 bits per heavy atom. The molecular weight excluding hydrogens is 424 g/mol. The van der Waals surface area contributed by atoms with Crippen LogP contribution in [0.25, 0.3) is 21.8 Å². The second kappa shape index (κ2) is 9.89. The third kappa shape index (κ3) is 5.19. The zero-order chi connectivity index (χ0) is 22.3. The third-order valence-electron chi connectivity index (χ3n) is 4.54. The van der Waals surface area contributed by atoms with Crippen LogP contribution in [-0.2, 0) is 4.74 Å². The van der Waals surface area contributed by atoms with E-state index in [0.717, 1.165) is 21.8 Å². The van der Waals surface area contributed by atoms with Gasteiger partial charge in [0.1, 0.15) is 10.8 Å². The fourth-order valence-corrected chi connectivity index (χ4v) is 3.80. The van der Waals surface area contributed by atoms with Crippen molar-refractivity contribution in [2.45, 2.75) is 6.92 Å². The van der Waals surface area contributed by atoms with Crippen LogP contribution < -0.4 is 10.1 Å². The Balaban J connectivity index is 1.39. The van der Waals surface area contributed by atoms with Gasteiger partial charge in [-0.25, -0.2) is 9.78 Å². The SMILES string of the molecule is CCOC(=O)Oc1ccc(C(=O)Nc2ccc(-c3csc(-c4ccccc4)n3)cc2)cc1. The number of benzene rings is 3. The lowest BCUT2D eigenvalue weighted by Gasteiger charge is -2.07. The minimum atomic E-state index is -0.777. The van der Waals surface area contributed by atoms with Crippen molar-refractivity contribution < 1.29 is 19.1 Å². The largest absolute Gasteiger partial charge is 0.513 e. The smallest absolute Gasteiger partial charge is 0.434 e. The van der Waals surface area contributed by atoms with Gasteiger partial charge in [0.05, 0.1) is 12.3 Å².